The minimum atomic E-state index is -0.702. The third-order valence-corrected chi connectivity index (χ3v) is 3.62. The number of hydrogen-bond acceptors (Lipinski definition) is 3. The van der Waals surface area contributed by atoms with Crippen LogP contribution in [0.5, 0.6) is 0 Å². The number of halogens is 1. The van der Waals surface area contributed by atoms with Crippen LogP contribution in [-0.4, -0.2) is 10.1 Å². The van der Waals surface area contributed by atoms with E-state index in [1.54, 1.807) is 26.1 Å². The molecular weight excluding hydrogens is 249 g/mol. The van der Waals surface area contributed by atoms with Crippen molar-refractivity contribution in [3.05, 3.63) is 53.5 Å². The van der Waals surface area contributed by atoms with E-state index in [0.29, 0.717) is 11.1 Å². The zero-order valence-corrected chi connectivity index (χ0v) is 11.0. The molecule has 1 aromatic carbocycles. The Balaban J connectivity index is 2.40. The molecule has 2 rings (SSSR count). The SMILES string of the molecule is Cc1cc(Sc2ccccn2)c([C@@H](C)O)cc1F. The van der Waals surface area contributed by atoms with Crippen molar-refractivity contribution in [2.75, 3.05) is 0 Å². The van der Waals surface area contributed by atoms with Crippen molar-refractivity contribution < 1.29 is 9.50 Å². The molecule has 1 aromatic heterocycles. The Hall–Kier alpha value is -1.39. The van der Waals surface area contributed by atoms with E-state index >= 15 is 0 Å². The Morgan fingerprint density at radius 2 is 2.11 bits per heavy atom. The largest absolute Gasteiger partial charge is 0.389 e. The Morgan fingerprint density at radius 3 is 2.72 bits per heavy atom. The van der Waals surface area contributed by atoms with Gasteiger partial charge in [-0.15, -0.1) is 0 Å². The number of aromatic nitrogens is 1. The van der Waals surface area contributed by atoms with Crippen LogP contribution in [0, 0.1) is 12.7 Å². The number of aliphatic hydroxyl groups is 1. The number of aliphatic hydroxyl groups excluding tert-OH is 1. The Labute approximate surface area is 110 Å². The Morgan fingerprint density at radius 1 is 1.33 bits per heavy atom. The summed E-state index contributed by atoms with van der Waals surface area (Å²) >= 11 is 1.43. The van der Waals surface area contributed by atoms with Crippen LogP contribution < -0.4 is 0 Å². The van der Waals surface area contributed by atoms with Crippen LogP contribution in [0.2, 0.25) is 0 Å². The predicted molar refractivity (Wildman–Crippen MR) is 70.1 cm³/mol. The van der Waals surface area contributed by atoms with Gasteiger partial charge in [-0.1, -0.05) is 17.8 Å². The fourth-order valence-electron chi connectivity index (χ4n) is 1.61. The second-order valence-electron chi connectivity index (χ2n) is 4.09. The molecule has 0 spiro atoms. The summed E-state index contributed by atoms with van der Waals surface area (Å²) in [5.74, 6) is -0.295. The van der Waals surface area contributed by atoms with Crippen LogP contribution >= 0.6 is 11.8 Å². The van der Waals surface area contributed by atoms with Crippen molar-refractivity contribution in [2.45, 2.75) is 29.9 Å². The van der Waals surface area contributed by atoms with Gasteiger partial charge in [0, 0.05) is 11.1 Å². The summed E-state index contributed by atoms with van der Waals surface area (Å²) in [7, 11) is 0. The van der Waals surface area contributed by atoms with E-state index in [2.05, 4.69) is 4.98 Å². The smallest absolute Gasteiger partial charge is 0.126 e. The molecule has 1 atom stereocenters. The highest BCUT2D eigenvalue weighted by atomic mass is 32.2. The van der Waals surface area contributed by atoms with E-state index < -0.39 is 6.10 Å². The van der Waals surface area contributed by atoms with Gasteiger partial charge >= 0.3 is 0 Å². The molecule has 0 aliphatic carbocycles. The summed E-state index contributed by atoms with van der Waals surface area (Å²) in [5, 5.41) is 10.5. The molecule has 2 nitrogen and oxygen atoms in total. The fourth-order valence-corrected chi connectivity index (χ4v) is 2.67. The standard InChI is InChI=1S/C14H14FNOS/c1-9-7-13(11(10(2)17)8-12(9)15)18-14-5-3-4-6-16-14/h3-8,10,17H,1-2H3/t10-/m1/s1. The van der Waals surface area contributed by atoms with E-state index in [-0.39, 0.29) is 5.82 Å². The first kappa shape index (κ1) is 13.1. The molecule has 0 fully saturated rings. The summed E-state index contributed by atoms with van der Waals surface area (Å²) in [4.78, 5) is 5.05. The average molecular weight is 263 g/mol. The van der Waals surface area contributed by atoms with Crippen molar-refractivity contribution in [2.24, 2.45) is 0 Å². The molecule has 0 aliphatic heterocycles. The number of pyridine rings is 1. The molecule has 2 aromatic rings. The van der Waals surface area contributed by atoms with Crippen molar-refractivity contribution in [3.8, 4) is 0 Å². The van der Waals surface area contributed by atoms with Gasteiger partial charge in [0.25, 0.3) is 0 Å². The lowest BCUT2D eigenvalue weighted by Crippen LogP contribution is -1.97. The quantitative estimate of drug-likeness (QED) is 0.916. The zero-order chi connectivity index (χ0) is 13.1. The van der Waals surface area contributed by atoms with Crippen LogP contribution in [0.25, 0.3) is 0 Å². The van der Waals surface area contributed by atoms with Gasteiger partial charge in [0.15, 0.2) is 0 Å². The first-order valence-electron chi connectivity index (χ1n) is 5.65. The maximum absolute atomic E-state index is 13.5. The summed E-state index contributed by atoms with van der Waals surface area (Å²) in [6.45, 7) is 3.34. The third kappa shape index (κ3) is 2.89. The Kier molecular flexibility index (Phi) is 3.99. The summed E-state index contributed by atoms with van der Waals surface area (Å²) < 4.78 is 13.5. The highest BCUT2D eigenvalue weighted by Crippen LogP contribution is 2.33. The monoisotopic (exact) mass is 263 g/mol. The average Bonchev–Trinajstić information content (AvgIpc) is 2.34. The summed E-state index contributed by atoms with van der Waals surface area (Å²) in [5.41, 5.74) is 1.16. The molecule has 0 amide bonds. The van der Waals surface area contributed by atoms with Crippen molar-refractivity contribution >= 4 is 11.8 Å². The Bertz CT molecular complexity index is 543. The van der Waals surface area contributed by atoms with E-state index in [9.17, 15) is 9.50 Å². The van der Waals surface area contributed by atoms with Crippen molar-refractivity contribution in [1.82, 2.24) is 4.98 Å². The molecule has 0 aliphatic rings. The lowest BCUT2D eigenvalue weighted by molar-refractivity contribution is 0.196. The molecule has 4 heteroatoms. The number of aryl methyl sites for hydroxylation is 1. The summed E-state index contributed by atoms with van der Waals surface area (Å²) in [6, 6.07) is 8.76. The fraction of sp³-hybridized carbons (Fsp3) is 0.214. The van der Waals surface area contributed by atoms with Gasteiger partial charge in [0.2, 0.25) is 0 Å². The highest BCUT2D eigenvalue weighted by molar-refractivity contribution is 7.99. The molecule has 0 saturated carbocycles. The number of benzene rings is 1. The van der Waals surface area contributed by atoms with E-state index in [1.807, 2.05) is 18.2 Å². The lowest BCUT2D eigenvalue weighted by atomic mass is 10.1. The number of nitrogens with zero attached hydrogens (tertiary/aromatic N) is 1. The van der Waals surface area contributed by atoms with Gasteiger partial charge < -0.3 is 5.11 Å². The van der Waals surface area contributed by atoms with Crippen LogP contribution in [0.3, 0.4) is 0 Å². The molecule has 1 heterocycles. The van der Waals surface area contributed by atoms with Gasteiger partial charge in [0.1, 0.15) is 10.8 Å². The van der Waals surface area contributed by atoms with E-state index in [1.165, 1.54) is 17.8 Å². The zero-order valence-electron chi connectivity index (χ0n) is 10.2. The maximum atomic E-state index is 13.5. The van der Waals surface area contributed by atoms with Gasteiger partial charge in [0.05, 0.1) is 6.10 Å². The number of hydrogen-bond donors (Lipinski definition) is 1. The molecule has 0 unspecified atom stereocenters. The lowest BCUT2D eigenvalue weighted by Gasteiger charge is -2.13. The first-order chi connectivity index (χ1) is 8.58. The van der Waals surface area contributed by atoms with E-state index in [0.717, 1.165) is 9.92 Å². The predicted octanol–water partition coefficient (Wildman–Crippen LogP) is 3.73. The second kappa shape index (κ2) is 5.50. The summed E-state index contributed by atoms with van der Waals surface area (Å²) in [6.07, 6.45) is 1.01. The molecule has 18 heavy (non-hydrogen) atoms. The van der Waals surface area contributed by atoms with Crippen LogP contribution in [-0.2, 0) is 0 Å². The molecular formula is C14H14FNOS. The molecule has 0 radical (unpaired) electrons. The molecule has 0 bridgehead atoms. The van der Waals surface area contributed by atoms with Crippen LogP contribution in [0.4, 0.5) is 4.39 Å². The van der Waals surface area contributed by atoms with E-state index in [4.69, 9.17) is 0 Å². The van der Waals surface area contributed by atoms with Crippen LogP contribution in [0.15, 0.2) is 46.5 Å². The third-order valence-electron chi connectivity index (χ3n) is 2.59. The first-order valence-corrected chi connectivity index (χ1v) is 6.46. The molecule has 94 valence electrons. The minimum Gasteiger partial charge on any atom is -0.389 e. The second-order valence-corrected chi connectivity index (χ2v) is 5.15. The van der Waals surface area contributed by atoms with Gasteiger partial charge in [-0.05, 0) is 49.2 Å². The molecule has 0 saturated heterocycles. The molecule has 1 N–H and O–H groups in total. The van der Waals surface area contributed by atoms with Gasteiger partial charge in [-0.2, -0.15) is 0 Å². The minimum absolute atomic E-state index is 0.295. The number of rotatable bonds is 3. The van der Waals surface area contributed by atoms with Crippen LogP contribution in [0.1, 0.15) is 24.2 Å². The topological polar surface area (TPSA) is 33.1 Å². The van der Waals surface area contributed by atoms with Gasteiger partial charge in [-0.25, -0.2) is 9.37 Å². The maximum Gasteiger partial charge on any atom is 0.126 e. The highest BCUT2D eigenvalue weighted by Gasteiger charge is 2.13. The normalized spacial score (nSPS) is 12.4. The van der Waals surface area contributed by atoms with Crippen molar-refractivity contribution in [3.63, 3.8) is 0 Å². The van der Waals surface area contributed by atoms with Gasteiger partial charge in [-0.3, -0.25) is 0 Å². The van der Waals surface area contributed by atoms with Crippen molar-refractivity contribution in [1.29, 1.82) is 0 Å².